The minimum atomic E-state index is -0.684. The summed E-state index contributed by atoms with van der Waals surface area (Å²) in [7, 11) is 7.62. The van der Waals surface area contributed by atoms with Crippen LogP contribution in [0.15, 0.2) is 23.0 Å². The molecule has 1 saturated heterocycles. The Morgan fingerprint density at radius 2 is 1.95 bits per heavy atom. The number of fused-ring (bicyclic) bond motifs is 1. The van der Waals surface area contributed by atoms with Crippen LogP contribution in [0.1, 0.15) is 57.1 Å². The van der Waals surface area contributed by atoms with Gasteiger partial charge in [-0.25, -0.2) is 4.79 Å². The molecule has 9 nitrogen and oxygen atoms in total. The molecule has 0 radical (unpaired) electrons. The number of aldehydes is 2. The van der Waals surface area contributed by atoms with E-state index >= 15 is 0 Å². The largest absolute Gasteiger partial charge is 0.366 e. The van der Waals surface area contributed by atoms with E-state index < -0.39 is 6.04 Å². The van der Waals surface area contributed by atoms with Gasteiger partial charge in [0.1, 0.15) is 19.2 Å². The SMILES string of the molecule is CCC(CCN(C)CC1CCNCC1)OCC#Cc1cccc2c1n(C)c(=O)n2C(C=O)CCC=O.CNC. The summed E-state index contributed by atoms with van der Waals surface area (Å²) in [5.74, 6) is 7.05. The first kappa shape index (κ1) is 32.4. The van der Waals surface area contributed by atoms with Crippen molar-refractivity contribution in [2.24, 2.45) is 13.0 Å². The molecule has 0 saturated carbocycles. The molecule has 0 bridgehead atoms. The zero-order chi connectivity index (χ0) is 28.6. The molecule has 1 aromatic heterocycles. The Kier molecular flexibility index (Phi) is 14.8. The van der Waals surface area contributed by atoms with Crippen LogP contribution in [0.4, 0.5) is 0 Å². The monoisotopic (exact) mass is 541 g/mol. The van der Waals surface area contributed by atoms with E-state index in [9.17, 15) is 14.4 Å². The van der Waals surface area contributed by atoms with Crippen molar-refractivity contribution in [2.75, 3.05) is 53.9 Å². The maximum atomic E-state index is 12.9. The van der Waals surface area contributed by atoms with Gasteiger partial charge >= 0.3 is 5.69 Å². The van der Waals surface area contributed by atoms with Crippen LogP contribution in [-0.4, -0.2) is 86.6 Å². The number of benzene rings is 1. The quantitative estimate of drug-likeness (QED) is 0.297. The van der Waals surface area contributed by atoms with Gasteiger partial charge in [0.05, 0.1) is 28.7 Å². The molecule has 1 aliphatic heterocycles. The van der Waals surface area contributed by atoms with Crippen LogP contribution in [-0.2, 0) is 21.4 Å². The highest BCUT2D eigenvalue weighted by Crippen LogP contribution is 2.21. The van der Waals surface area contributed by atoms with E-state index in [0.29, 0.717) is 29.6 Å². The Morgan fingerprint density at radius 3 is 2.59 bits per heavy atom. The number of nitrogens with zero attached hydrogens (tertiary/aromatic N) is 3. The van der Waals surface area contributed by atoms with Crippen molar-refractivity contribution in [2.45, 2.75) is 57.6 Å². The van der Waals surface area contributed by atoms with Crippen molar-refractivity contribution < 1.29 is 14.3 Å². The van der Waals surface area contributed by atoms with Crippen LogP contribution >= 0.6 is 0 Å². The lowest BCUT2D eigenvalue weighted by Gasteiger charge is -2.28. The summed E-state index contributed by atoms with van der Waals surface area (Å²) in [6.45, 7) is 6.86. The third-order valence-corrected chi connectivity index (χ3v) is 7.10. The van der Waals surface area contributed by atoms with Gasteiger partial charge < -0.3 is 29.9 Å². The number of nitrogens with one attached hydrogen (secondary N) is 2. The van der Waals surface area contributed by atoms with Crippen molar-refractivity contribution in [3.8, 4) is 11.8 Å². The van der Waals surface area contributed by atoms with E-state index in [4.69, 9.17) is 4.74 Å². The van der Waals surface area contributed by atoms with Gasteiger partial charge in [-0.15, -0.1) is 0 Å². The van der Waals surface area contributed by atoms with E-state index in [1.165, 1.54) is 22.0 Å². The second-order valence-electron chi connectivity index (χ2n) is 10.2. The Hall–Kier alpha value is -2.77. The molecule has 1 fully saturated rings. The lowest BCUT2D eigenvalue weighted by atomic mass is 9.97. The van der Waals surface area contributed by atoms with Gasteiger partial charge in [-0.3, -0.25) is 9.13 Å². The summed E-state index contributed by atoms with van der Waals surface area (Å²) in [4.78, 5) is 37.8. The van der Waals surface area contributed by atoms with E-state index in [1.54, 1.807) is 7.05 Å². The molecule has 2 unspecified atom stereocenters. The van der Waals surface area contributed by atoms with Crippen molar-refractivity contribution in [1.82, 2.24) is 24.7 Å². The topological polar surface area (TPSA) is 97.6 Å². The normalized spacial score (nSPS) is 15.2. The summed E-state index contributed by atoms with van der Waals surface area (Å²) in [5.41, 5.74) is 1.74. The summed E-state index contributed by atoms with van der Waals surface area (Å²) >= 11 is 0. The van der Waals surface area contributed by atoms with Crippen LogP contribution in [0.5, 0.6) is 0 Å². The molecule has 1 aromatic carbocycles. The molecular formula is C30H47N5O4. The standard InChI is InChI=1S/C28H40N4O4.C2H7N/c1-4-25(14-17-30(2)20-22-12-15-29-16-13-22)36-19-7-9-23-8-5-11-26-27(23)31(3)28(35)32(26)24(21-34)10-6-18-33;1-3-2/h5,8,11,18,21-22,24-25,29H,4,6,10,12-17,19-20H2,1-3H3;3H,1-2H3. The van der Waals surface area contributed by atoms with Gasteiger partial charge in [0.25, 0.3) is 0 Å². The number of aryl methyl sites for hydroxylation is 1. The highest BCUT2D eigenvalue weighted by Gasteiger charge is 2.20. The van der Waals surface area contributed by atoms with Gasteiger partial charge in [-0.05, 0) is 84.4 Å². The molecule has 39 heavy (non-hydrogen) atoms. The van der Waals surface area contributed by atoms with Gasteiger partial charge in [-0.1, -0.05) is 24.8 Å². The third kappa shape index (κ3) is 9.73. The molecule has 3 rings (SSSR count). The number of rotatable bonds is 13. The minimum absolute atomic E-state index is 0.155. The fourth-order valence-corrected chi connectivity index (χ4v) is 5.01. The molecule has 0 spiro atoms. The number of aromatic nitrogens is 2. The number of ether oxygens (including phenoxy) is 1. The van der Waals surface area contributed by atoms with Crippen LogP contribution in [0.2, 0.25) is 0 Å². The van der Waals surface area contributed by atoms with Gasteiger partial charge in [0.2, 0.25) is 0 Å². The second-order valence-corrected chi connectivity index (χ2v) is 10.2. The number of para-hydroxylation sites is 1. The number of carbonyl (C=O) groups is 2. The van der Waals surface area contributed by atoms with E-state index in [0.717, 1.165) is 57.5 Å². The van der Waals surface area contributed by atoms with Crippen molar-refractivity contribution in [3.63, 3.8) is 0 Å². The lowest BCUT2D eigenvalue weighted by Crippen LogP contribution is -2.35. The Bertz CT molecular complexity index is 1140. The average Bonchev–Trinajstić information content (AvgIpc) is 3.20. The zero-order valence-electron chi connectivity index (χ0n) is 24.4. The van der Waals surface area contributed by atoms with Gasteiger partial charge in [0, 0.05) is 26.6 Å². The molecule has 1 aliphatic rings. The predicted octanol–water partition coefficient (Wildman–Crippen LogP) is 2.36. The van der Waals surface area contributed by atoms with Crippen molar-refractivity contribution in [1.29, 1.82) is 0 Å². The lowest BCUT2D eigenvalue weighted by molar-refractivity contribution is -0.111. The second kappa shape index (κ2) is 17.7. The number of hydrogen-bond donors (Lipinski definition) is 2. The summed E-state index contributed by atoms with van der Waals surface area (Å²) in [5, 5.41) is 6.17. The van der Waals surface area contributed by atoms with Crippen molar-refractivity contribution in [3.05, 3.63) is 34.2 Å². The number of piperidine rings is 1. The van der Waals surface area contributed by atoms with Crippen LogP contribution in [0.25, 0.3) is 11.0 Å². The highest BCUT2D eigenvalue weighted by molar-refractivity contribution is 5.83. The fourth-order valence-electron chi connectivity index (χ4n) is 5.01. The Morgan fingerprint density at radius 1 is 1.23 bits per heavy atom. The first-order chi connectivity index (χ1) is 18.9. The molecule has 216 valence electrons. The number of carbonyl (C=O) groups excluding carboxylic acids is 2. The van der Waals surface area contributed by atoms with E-state index in [1.807, 2.05) is 32.3 Å². The summed E-state index contributed by atoms with van der Waals surface area (Å²) in [6, 6.07) is 4.82. The van der Waals surface area contributed by atoms with Crippen molar-refractivity contribution >= 4 is 23.6 Å². The van der Waals surface area contributed by atoms with E-state index in [2.05, 4.69) is 41.3 Å². The Labute approximate surface area is 233 Å². The first-order valence-electron chi connectivity index (χ1n) is 14.1. The molecule has 2 aromatic rings. The first-order valence-corrected chi connectivity index (χ1v) is 14.1. The number of imidazole rings is 1. The Balaban J connectivity index is 0.00000170. The molecule has 2 N–H and O–H groups in total. The zero-order valence-corrected chi connectivity index (χ0v) is 24.4. The average molecular weight is 542 g/mol. The highest BCUT2D eigenvalue weighted by atomic mass is 16.5. The smallest absolute Gasteiger partial charge is 0.329 e. The predicted molar refractivity (Wildman–Crippen MR) is 157 cm³/mol. The summed E-state index contributed by atoms with van der Waals surface area (Å²) < 4.78 is 9.04. The van der Waals surface area contributed by atoms with Gasteiger partial charge in [-0.2, -0.15) is 0 Å². The van der Waals surface area contributed by atoms with Crippen LogP contribution in [0.3, 0.4) is 0 Å². The summed E-state index contributed by atoms with van der Waals surface area (Å²) in [6.07, 6.45) is 6.57. The molecule has 0 aliphatic carbocycles. The fraction of sp³-hybridized carbons (Fsp3) is 0.633. The molecule has 2 heterocycles. The minimum Gasteiger partial charge on any atom is -0.366 e. The molecule has 9 heteroatoms. The molecule has 0 amide bonds. The van der Waals surface area contributed by atoms with Crippen LogP contribution in [0, 0.1) is 17.8 Å². The third-order valence-electron chi connectivity index (χ3n) is 7.10. The van der Waals surface area contributed by atoms with Crippen LogP contribution < -0.4 is 16.3 Å². The van der Waals surface area contributed by atoms with Gasteiger partial charge in [0.15, 0.2) is 0 Å². The maximum absolute atomic E-state index is 12.9. The maximum Gasteiger partial charge on any atom is 0.329 e. The van der Waals surface area contributed by atoms with E-state index in [-0.39, 0.29) is 18.2 Å². The number of hydrogen-bond acceptors (Lipinski definition) is 7. The molecular weight excluding hydrogens is 494 g/mol. The molecule has 2 atom stereocenters.